The third kappa shape index (κ3) is 1.88. The average molecular weight is 172 g/mol. The Labute approximate surface area is 72.9 Å². The number of hydrogen-bond acceptors (Lipinski definition) is 3. The molecule has 1 aliphatic heterocycles. The number of rotatable bonds is 2. The van der Waals surface area contributed by atoms with Crippen LogP contribution in [-0.4, -0.2) is 48.4 Å². The van der Waals surface area contributed by atoms with Crippen LogP contribution in [0.25, 0.3) is 0 Å². The molecular weight excluding hydrogens is 156 g/mol. The molecule has 0 bridgehead atoms. The van der Waals surface area contributed by atoms with E-state index in [1.807, 2.05) is 25.8 Å². The first kappa shape index (κ1) is 9.32. The second-order valence-electron chi connectivity index (χ2n) is 3.26. The molecule has 70 valence electrons. The van der Waals surface area contributed by atoms with E-state index in [4.69, 9.17) is 9.84 Å². The van der Waals surface area contributed by atoms with E-state index in [1.165, 1.54) is 0 Å². The van der Waals surface area contributed by atoms with E-state index in [0.717, 1.165) is 0 Å². The molecule has 0 spiro atoms. The predicted octanol–water partition coefficient (Wildman–Crippen LogP) is 0.0737. The van der Waals surface area contributed by atoms with Crippen LogP contribution in [0.5, 0.6) is 0 Å². The van der Waals surface area contributed by atoms with Gasteiger partial charge in [0.25, 0.3) is 6.02 Å². The lowest BCUT2D eigenvalue weighted by Crippen LogP contribution is -2.33. The Bertz CT molecular complexity index is 180. The van der Waals surface area contributed by atoms with Gasteiger partial charge in [0.05, 0.1) is 12.6 Å². The van der Waals surface area contributed by atoms with Crippen molar-refractivity contribution in [2.24, 2.45) is 4.99 Å². The summed E-state index contributed by atoms with van der Waals surface area (Å²) >= 11 is 0. The first-order valence-corrected chi connectivity index (χ1v) is 4.19. The van der Waals surface area contributed by atoms with Gasteiger partial charge in [-0.25, -0.2) is 4.99 Å². The Balaban J connectivity index is 2.60. The summed E-state index contributed by atoms with van der Waals surface area (Å²) in [6.07, 6.45) is 0. The van der Waals surface area contributed by atoms with Crippen molar-refractivity contribution in [3.05, 3.63) is 0 Å². The summed E-state index contributed by atoms with van der Waals surface area (Å²) in [6.45, 7) is 4.65. The normalized spacial score (nSPS) is 26.9. The molecule has 0 aliphatic carbocycles. The number of likely N-dealkylation sites (N-methyl/N-ethyl adjacent to an activating group) is 1. The molecule has 1 saturated heterocycles. The van der Waals surface area contributed by atoms with Crippen molar-refractivity contribution in [1.29, 1.82) is 0 Å². The number of aliphatic imine (C=N–C) groups is 1. The minimum atomic E-state index is 0.0718. The third-order valence-corrected chi connectivity index (χ3v) is 1.83. The Morgan fingerprint density at radius 2 is 2.42 bits per heavy atom. The van der Waals surface area contributed by atoms with Gasteiger partial charge in [0.1, 0.15) is 6.61 Å². The molecule has 1 fully saturated rings. The van der Waals surface area contributed by atoms with E-state index in [9.17, 15) is 0 Å². The summed E-state index contributed by atoms with van der Waals surface area (Å²) in [6, 6.07) is 0.950. The molecule has 0 radical (unpaired) electrons. The van der Waals surface area contributed by atoms with Crippen LogP contribution >= 0.6 is 0 Å². The molecule has 0 unspecified atom stereocenters. The molecule has 0 aromatic carbocycles. The van der Waals surface area contributed by atoms with Gasteiger partial charge in [-0.05, 0) is 13.8 Å². The Morgan fingerprint density at radius 3 is 2.83 bits per heavy atom. The summed E-state index contributed by atoms with van der Waals surface area (Å²) in [4.78, 5) is 6.14. The maximum atomic E-state index is 8.91. The van der Waals surface area contributed by atoms with Gasteiger partial charge < -0.3 is 14.7 Å². The second-order valence-corrected chi connectivity index (χ2v) is 3.26. The SMILES string of the molecule is CC(C)/N=C1\OC[C@H](CO)N1C. The molecule has 0 aromatic heterocycles. The monoisotopic (exact) mass is 172 g/mol. The van der Waals surface area contributed by atoms with Gasteiger partial charge in [0, 0.05) is 13.1 Å². The highest BCUT2D eigenvalue weighted by molar-refractivity contribution is 5.75. The zero-order chi connectivity index (χ0) is 9.14. The molecule has 0 amide bonds. The Kier molecular flexibility index (Phi) is 2.92. The molecule has 1 rings (SSSR count). The van der Waals surface area contributed by atoms with Crippen LogP contribution < -0.4 is 0 Å². The second kappa shape index (κ2) is 3.76. The topological polar surface area (TPSA) is 45.1 Å². The zero-order valence-electron chi connectivity index (χ0n) is 7.82. The summed E-state index contributed by atoms with van der Waals surface area (Å²) in [7, 11) is 1.88. The quantitative estimate of drug-likeness (QED) is 0.641. The Hall–Kier alpha value is -0.770. The van der Waals surface area contributed by atoms with Crippen molar-refractivity contribution in [1.82, 2.24) is 4.90 Å². The van der Waals surface area contributed by atoms with Crippen LogP contribution in [-0.2, 0) is 4.74 Å². The smallest absolute Gasteiger partial charge is 0.287 e. The van der Waals surface area contributed by atoms with E-state index in [2.05, 4.69) is 4.99 Å². The maximum absolute atomic E-state index is 8.91. The minimum Gasteiger partial charge on any atom is -0.463 e. The lowest BCUT2D eigenvalue weighted by Gasteiger charge is -2.15. The van der Waals surface area contributed by atoms with Crippen molar-refractivity contribution >= 4 is 6.02 Å². The fourth-order valence-corrected chi connectivity index (χ4v) is 1.06. The van der Waals surface area contributed by atoms with Crippen LogP contribution in [0.3, 0.4) is 0 Å². The van der Waals surface area contributed by atoms with Gasteiger partial charge in [-0.2, -0.15) is 0 Å². The lowest BCUT2D eigenvalue weighted by molar-refractivity contribution is 0.197. The van der Waals surface area contributed by atoms with E-state index in [-0.39, 0.29) is 18.7 Å². The fraction of sp³-hybridized carbons (Fsp3) is 0.875. The van der Waals surface area contributed by atoms with Crippen LogP contribution in [0.1, 0.15) is 13.8 Å². The predicted molar refractivity (Wildman–Crippen MR) is 47.2 cm³/mol. The summed E-state index contributed by atoms with van der Waals surface area (Å²) < 4.78 is 5.30. The molecule has 1 atom stereocenters. The number of ether oxygens (including phenoxy) is 1. The van der Waals surface area contributed by atoms with E-state index < -0.39 is 0 Å². The summed E-state index contributed by atoms with van der Waals surface area (Å²) in [5.41, 5.74) is 0. The molecule has 1 heterocycles. The van der Waals surface area contributed by atoms with Gasteiger partial charge in [-0.3, -0.25) is 0 Å². The molecule has 4 heteroatoms. The fourth-order valence-electron chi connectivity index (χ4n) is 1.06. The maximum Gasteiger partial charge on any atom is 0.287 e. The number of amidine groups is 1. The molecule has 1 N–H and O–H groups in total. The molecule has 0 aromatic rings. The van der Waals surface area contributed by atoms with Crippen LogP contribution in [0, 0.1) is 0 Å². The van der Waals surface area contributed by atoms with Gasteiger partial charge in [0.15, 0.2) is 0 Å². The van der Waals surface area contributed by atoms with E-state index in [0.29, 0.717) is 12.6 Å². The van der Waals surface area contributed by atoms with Crippen LogP contribution in [0.4, 0.5) is 0 Å². The first-order valence-electron chi connectivity index (χ1n) is 4.19. The lowest BCUT2D eigenvalue weighted by atomic mass is 10.3. The number of aliphatic hydroxyl groups is 1. The van der Waals surface area contributed by atoms with Crippen LogP contribution in [0.15, 0.2) is 4.99 Å². The molecule has 12 heavy (non-hydrogen) atoms. The molecule has 0 saturated carbocycles. The van der Waals surface area contributed by atoms with Crippen molar-refractivity contribution in [2.75, 3.05) is 20.3 Å². The zero-order valence-corrected chi connectivity index (χ0v) is 7.82. The standard InChI is InChI=1S/C8H16N2O2/c1-6(2)9-8-10(3)7(4-11)5-12-8/h6-7,11H,4-5H2,1-3H3/b9-8-/t7-/m0/s1. The van der Waals surface area contributed by atoms with Gasteiger partial charge in [-0.1, -0.05) is 0 Å². The molecular formula is C8H16N2O2. The van der Waals surface area contributed by atoms with E-state index >= 15 is 0 Å². The average Bonchev–Trinajstić information content (AvgIpc) is 2.32. The minimum absolute atomic E-state index is 0.0718. The van der Waals surface area contributed by atoms with Crippen molar-refractivity contribution in [2.45, 2.75) is 25.9 Å². The number of hydrogen-bond donors (Lipinski definition) is 1. The summed E-state index contributed by atoms with van der Waals surface area (Å²) in [5, 5.41) is 8.91. The molecule has 4 nitrogen and oxygen atoms in total. The largest absolute Gasteiger partial charge is 0.463 e. The van der Waals surface area contributed by atoms with Gasteiger partial charge in [0.2, 0.25) is 0 Å². The third-order valence-electron chi connectivity index (χ3n) is 1.83. The number of nitrogens with zero attached hydrogens (tertiary/aromatic N) is 2. The molecule has 1 aliphatic rings. The highest BCUT2D eigenvalue weighted by Crippen LogP contribution is 2.09. The van der Waals surface area contributed by atoms with Crippen molar-refractivity contribution in [3.63, 3.8) is 0 Å². The van der Waals surface area contributed by atoms with Gasteiger partial charge in [-0.15, -0.1) is 0 Å². The Morgan fingerprint density at radius 1 is 1.75 bits per heavy atom. The number of aliphatic hydroxyl groups excluding tert-OH is 1. The van der Waals surface area contributed by atoms with E-state index in [1.54, 1.807) is 0 Å². The van der Waals surface area contributed by atoms with Crippen molar-refractivity contribution < 1.29 is 9.84 Å². The van der Waals surface area contributed by atoms with Crippen molar-refractivity contribution in [3.8, 4) is 0 Å². The highest BCUT2D eigenvalue weighted by atomic mass is 16.5. The van der Waals surface area contributed by atoms with Crippen LogP contribution in [0.2, 0.25) is 0 Å². The highest BCUT2D eigenvalue weighted by Gasteiger charge is 2.27. The summed E-state index contributed by atoms with van der Waals surface area (Å²) in [5.74, 6) is 0. The van der Waals surface area contributed by atoms with Gasteiger partial charge >= 0.3 is 0 Å². The first-order chi connectivity index (χ1) is 5.65.